The predicted octanol–water partition coefficient (Wildman–Crippen LogP) is 6.82. The Balaban J connectivity index is 1.69. The summed E-state index contributed by atoms with van der Waals surface area (Å²) in [5.74, 6) is -1.32. The zero-order valence-electron chi connectivity index (χ0n) is 20.6. The summed E-state index contributed by atoms with van der Waals surface area (Å²) in [5, 5.41) is 16.5. The van der Waals surface area contributed by atoms with E-state index in [1.807, 2.05) is 55.5 Å². The van der Waals surface area contributed by atoms with Crippen LogP contribution in [0.3, 0.4) is 0 Å². The second-order valence-corrected chi connectivity index (χ2v) is 10.2. The first kappa shape index (κ1) is 24.8. The third-order valence-electron chi connectivity index (χ3n) is 6.65. The van der Waals surface area contributed by atoms with Crippen molar-refractivity contribution in [1.29, 1.82) is 0 Å². The highest BCUT2D eigenvalue weighted by Crippen LogP contribution is 2.40. The number of aromatic nitrogens is 1. The molecule has 186 valence electrons. The van der Waals surface area contributed by atoms with Crippen molar-refractivity contribution in [2.75, 3.05) is 0 Å². The minimum Gasteiger partial charge on any atom is -0.481 e. The molecule has 0 bridgehead atoms. The van der Waals surface area contributed by atoms with Gasteiger partial charge in [-0.25, -0.2) is 5.01 Å². The van der Waals surface area contributed by atoms with Gasteiger partial charge in [0.2, 0.25) is 5.91 Å². The van der Waals surface area contributed by atoms with Crippen LogP contribution in [0.4, 0.5) is 0 Å². The highest BCUT2D eigenvalue weighted by Gasteiger charge is 2.35. The number of pyridine rings is 1. The maximum atomic E-state index is 13.2. The van der Waals surface area contributed by atoms with Crippen LogP contribution in [0.1, 0.15) is 47.7 Å². The van der Waals surface area contributed by atoms with Crippen LogP contribution < -0.4 is 0 Å². The van der Waals surface area contributed by atoms with E-state index in [9.17, 15) is 9.59 Å². The standard InChI is InChI=1S/C30H26BrN3O3/c1-18-8-13-24-23(16-18)30(21-6-4-3-5-7-21)29(19(2)32-24)25-17-26(20-9-11-22(31)12-10-20)34(33-25)27(35)14-15-28(36)37/h3-13,16,26H,14-15,17H2,1-2H3,(H,36,37)/t26-/m0/s1. The molecule has 3 aromatic carbocycles. The topological polar surface area (TPSA) is 82.9 Å². The number of carboxylic acid groups (broad SMARTS) is 1. The SMILES string of the molecule is Cc1ccc2nc(C)c(C3=NN(C(=O)CCC(=O)O)[C@H](c4ccc(Br)cc4)C3)c(-c3ccccc3)c2c1. The van der Waals surface area contributed by atoms with Crippen LogP contribution in [0.5, 0.6) is 0 Å². The molecule has 1 N–H and O–H groups in total. The summed E-state index contributed by atoms with van der Waals surface area (Å²) in [5.41, 5.74) is 7.59. The minimum atomic E-state index is -1.01. The largest absolute Gasteiger partial charge is 0.481 e. The van der Waals surface area contributed by atoms with Crippen molar-refractivity contribution in [3.05, 3.63) is 99.7 Å². The second-order valence-electron chi connectivity index (χ2n) is 9.28. The van der Waals surface area contributed by atoms with Crippen molar-refractivity contribution in [2.45, 2.75) is 39.2 Å². The van der Waals surface area contributed by atoms with Crippen molar-refractivity contribution in [2.24, 2.45) is 5.10 Å². The smallest absolute Gasteiger partial charge is 0.303 e. The Morgan fingerprint density at radius 1 is 0.973 bits per heavy atom. The number of amides is 1. The molecule has 0 saturated heterocycles. The molecule has 0 spiro atoms. The molecule has 0 aliphatic carbocycles. The van der Waals surface area contributed by atoms with Gasteiger partial charge < -0.3 is 5.11 Å². The molecule has 0 fully saturated rings. The van der Waals surface area contributed by atoms with Gasteiger partial charge in [0.05, 0.1) is 23.7 Å². The first-order valence-electron chi connectivity index (χ1n) is 12.2. The molecule has 4 aromatic rings. The average molecular weight is 556 g/mol. The number of aryl methyl sites for hydroxylation is 2. The van der Waals surface area contributed by atoms with E-state index in [0.29, 0.717) is 6.42 Å². The Kier molecular flexibility index (Phi) is 6.89. The van der Waals surface area contributed by atoms with Crippen LogP contribution in [0, 0.1) is 13.8 Å². The minimum absolute atomic E-state index is 0.112. The molecule has 7 heteroatoms. The fourth-order valence-electron chi connectivity index (χ4n) is 4.92. The van der Waals surface area contributed by atoms with Gasteiger partial charge in [-0.05, 0) is 49.2 Å². The molecule has 2 heterocycles. The Hall–Kier alpha value is -3.84. The van der Waals surface area contributed by atoms with Crippen LogP contribution in [-0.2, 0) is 9.59 Å². The summed E-state index contributed by atoms with van der Waals surface area (Å²) >= 11 is 3.48. The van der Waals surface area contributed by atoms with Crippen LogP contribution in [0.25, 0.3) is 22.0 Å². The number of benzene rings is 3. The fraction of sp³-hybridized carbons (Fsp3) is 0.200. The number of aliphatic carboxylic acids is 1. The van der Waals surface area contributed by atoms with Gasteiger partial charge in [-0.2, -0.15) is 5.10 Å². The van der Waals surface area contributed by atoms with Crippen LogP contribution in [-0.4, -0.2) is 32.7 Å². The van der Waals surface area contributed by atoms with Gasteiger partial charge in [0, 0.05) is 39.5 Å². The number of hydrogen-bond donors (Lipinski definition) is 1. The molecular formula is C30H26BrN3O3. The number of halogens is 1. The predicted molar refractivity (Wildman–Crippen MR) is 148 cm³/mol. The van der Waals surface area contributed by atoms with Gasteiger partial charge in [0.15, 0.2) is 0 Å². The summed E-state index contributed by atoms with van der Waals surface area (Å²) in [7, 11) is 0. The van der Waals surface area contributed by atoms with Crippen LogP contribution in [0.2, 0.25) is 0 Å². The number of carboxylic acids is 1. The third kappa shape index (κ3) is 5.04. The highest BCUT2D eigenvalue weighted by molar-refractivity contribution is 9.10. The maximum absolute atomic E-state index is 13.2. The lowest BCUT2D eigenvalue weighted by molar-refractivity contribution is -0.141. The Labute approximate surface area is 223 Å². The Bertz CT molecular complexity index is 1530. The summed E-state index contributed by atoms with van der Waals surface area (Å²) in [6.07, 6.45) is 0.150. The fourth-order valence-corrected chi connectivity index (χ4v) is 5.19. The summed E-state index contributed by atoms with van der Waals surface area (Å²) in [6.45, 7) is 4.04. The van der Waals surface area contributed by atoms with E-state index in [1.54, 1.807) is 0 Å². The summed E-state index contributed by atoms with van der Waals surface area (Å²) in [6, 6.07) is 23.9. The van der Waals surface area contributed by atoms with E-state index < -0.39 is 5.97 Å². The van der Waals surface area contributed by atoms with Crippen LogP contribution >= 0.6 is 15.9 Å². The molecule has 1 aliphatic heterocycles. The number of rotatable bonds is 6. The molecular weight excluding hydrogens is 530 g/mol. The lowest BCUT2D eigenvalue weighted by Crippen LogP contribution is -2.27. The molecule has 1 atom stereocenters. The lowest BCUT2D eigenvalue weighted by Gasteiger charge is -2.22. The lowest BCUT2D eigenvalue weighted by atomic mass is 9.89. The number of nitrogens with zero attached hydrogens (tertiary/aromatic N) is 3. The number of hydrogen-bond acceptors (Lipinski definition) is 4. The highest BCUT2D eigenvalue weighted by atomic mass is 79.9. The number of carbonyl (C=O) groups is 2. The van der Waals surface area contributed by atoms with Gasteiger partial charge >= 0.3 is 5.97 Å². The van der Waals surface area contributed by atoms with Crippen molar-refractivity contribution in [1.82, 2.24) is 9.99 Å². The molecule has 0 saturated carbocycles. The van der Waals surface area contributed by atoms with Crippen molar-refractivity contribution in [3.8, 4) is 11.1 Å². The van der Waals surface area contributed by atoms with E-state index in [4.69, 9.17) is 15.2 Å². The van der Waals surface area contributed by atoms with Crippen LogP contribution in [0.15, 0.2) is 82.4 Å². The summed E-state index contributed by atoms with van der Waals surface area (Å²) < 4.78 is 0.940. The van der Waals surface area contributed by atoms with Crippen molar-refractivity contribution in [3.63, 3.8) is 0 Å². The molecule has 1 aliphatic rings. The monoisotopic (exact) mass is 555 g/mol. The molecule has 6 nitrogen and oxygen atoms in total. The normalized spacial score (nSPS) is 15.2. The van der Waals surface area contributed by atoms with Gasteiger partial charge in [0.1, 0.15) is 0 Å². The quantitative estimate of drug-likeness (QED) is 0.283. The first-order chi connectivity index (χ1) is 17.8. The number of hydrazone groups is 1. The average Bonchev–Trinajstić information content (AvgIpc) is 3.32. The maximum Gasteiger partial charge on any atom is 0.303 e. The van der Waals surface area contributed by atoms with E-state index in [2.05, 4.69) is 47.1 Å². The molecule has 0 radical (unpaired) electrons. The zero-order chi connectivity index (χ0) is 26.1. The molecule has 5 rings (SSSR count). The Morgan fingerprint density at radius 3 is 2.41 bits per heavy atom. The van der Waals surface area contributed by atoms with E-state index in [1.165, 1.54) is 5.01 Å². The zero-order valence-corrected chi connectivity index (χ0v) is 22.2. The summed E-state index contributed by atoms with van der Waals surface area (Å²) in [4.78, 5) is 29.3. The second kappa shape index (κ2) is 10.3. The van der Waals surface area contributed by atoms with E-state index in [0.717, 1.165) is 54.6 Å². The van der Waals surface area contributed by atoms with E-state index in [-0.39, 0.29) is 24.8 Å². The van der Waals surface area contributed by atoms with Gasteiger partial charge in [-0.15, -0.1) is 0 Å². The Morgan fingerprint density at radius 2 is 1.70 bits per heavy atom. The van der Waals surface area contributed by atoms with E-state index >= 15 is 0 Å². The first-order valence-corrected chi connectivity index (χ1v) is 12.9. The van der Waals surface area contributed by atoms with Gasteiger partial charge in [0.25, 0.3) is 0 Å². The van der Waals surface area contributed by atoms with Gasteiger partial charge in [-0.3, -0.25) is 14.6 Å². The van der Waals surface area contributed by atoms with Crippen molar-refractivity contribution >= 4 is 44.4 Å². The third-order valence-corrected chi connectivity index (χ3v) is 7.17. The number of carbonyl (C=O) groups excluding carboxylic acids is 1. The van der Waals surface area contributed by atoms with Crippen molar-refractivity contribution < 1.29 is 14.7 Å². The molecule has 0 unspecified atom stereocenters. The molecule has 1 aromatic heterocycles. The number of fused-ring (bicyclic) bond motifs is 1. The van der Waals surface area contributed by atoms with Gasteiger partial charge in [-0.1, -0.05) is 70.0 Å². The molecule has 1 amide bonds. The molecule has 37 heavy (non-hydrogen) atoms.